The van der Waals surface area contributed by atoms with Gasteiger partial charge in [-0.05, 0) is 25.9 Å². The van der Waals surface area contributed by atoms with Gasteiger partial charge in [-0.2, -0.15) is 5.26 Å². The minimum absolute atomic E-state index is 0.802. The number of nitrogens with one attached hydrogen (secondary N) is 1. The molecule has 0 aromatic carbocycles. The van der Waals surface area contributed by atoms with E-state index < -0.39 is 0 Å². The maximum Gasteiger partial charge on any atom is 0.176 e. The quantitative estimate of drug-likeness (QED) is 0.344. The molecule has 1 heterocycles. The lowest BCUT2D eigenvalue weighted by molar-refractivity contribution is 0.343. The van der Waals surface area contributed by atoms with Gasteiger partial charge in [0.1, 0.15) is 0 Å². The lowest BCUT2D eigenvalue weighted by atomic mass is 10.4. The van der Waals surface area contributed by atoms with Gasteiger partial charge in [-0.3, -0.25) is 0 Å². The summed E-state index contributed by atoms with van der Waals surface area (Å²) in [6.07, 6.45) is 4.57. The molecular formula is C7H13N3. The first-order valence-corrected chi connectivity index (χ1v) is 3.78. The normalized spacial score (nSPS) is 18.7. The molecule has 3 nitrogen and oxygen atoms in total. The van der Waals surface area contributed by atoms with Crippen LogP contribution in [-0.4, -0.2) is 31.1 Å². The fourth-order valence-electron chi connectivity index (χ4n) is 1.28. The van der Waals surface area contributed by atoms with Crippen LogP contribution in [-0.2, 0) is 0 Å². The second kappa shape index (κ2) is 4.13. The summed E-state index contributed by atoms with van der Waals surface area (Å²) in [5, 5.41) is 10.8. The highest BCUT2D eigenvalue weighted by molar-refractivity contribution is 4.70. The SMILES string of the molecule is N#CNCCN1CCCC1. The van der Waals surface area contributed by atoms with E-state index in [4.69, 9.17) is 5.26 Å². The van der Waals surface area contributed by atoms with E-state index in [0.717, 1.165) is 13.1 Å². The van der Waals surface area contributed by atoms with Crippen molar-refractivity contribution in [3.8, 4) is 6.19 Å². The topological polar surface area (TPSA) is 39.1 Å². The summed E-state index contributed by atoms with van der Waals surface area (Å²) in [4.78, 5) is 2.38. The Kier molecular flexibility index (Phi) is 3.04. The Morgan fingerprint density at radius 3 is 2.70 bits per heavy atom. The van der Waals surface area contributed by atoms with Gasteiger partial charge >= 0.3 is 0 Å². The number of rotatable bonds is 3. The van der Waals surface area contributed by atoms with E-state index in [9.17, 15) is 0 Å². The van der Waals surface area contributed by atoms with Crippen molar-refractivity contribution >= 4 is 0 Å². The molecule has 0 amide bonds. The first-order valence-electron chi connectivity index (χ1n) is 3.78. The standard InChI is InChI=1S/C7H13N3/c8-7-9-3-6-10-4-1-2-5-10/h9H,1-6H2. The Hall–Kier alpha value is -0.750. The molecule has 1 saturated heterocycles. The van der Waals surface area contributed by atoms with Crippen molar-refractivity contribution in [3.63, 3.8) is 0 Å². The number of nitrogens with zero attached hydrogens (tertiary/aromatic N) is 2. The Bertz CT molecular complexity index is 121. The number of hydrogen-bond donors (Lipinski definition) is 1. The zero-order chi connectivity index (χ0) is 7.23. The Balaban J connectivity index is 1.97. The summed E-state index contributed by atoms with van der Waals surface area (Å²) < 4.78 is 0. The summed E-state index contributed by atoms with van der Waals surface area (Å²) >= 11 is 0. The molecule has 1 aliphatic rings. The van der Waals surface area contributed by atoms with Gasteiger partial charge in [0, 0.05) is 13.1 Å². The maximum atomic E-state index is 8.16. The van der Waals surface area contributed by atoms with Gasteiger partial charge in [-0.25, -0.2) is 0 Å². The molecule has 10 heavy (non-hydrogen) atoms. The van der Waals surface area contributed by atoms with E-state index in [1.165, 1.54) is 25.9 Å². The molecule has 0 bridgehead atoms. The van der Waals surface area contributed by atoms with Crippen LogP contribution in [0.4, 0.5) is 0 Å². The summed E-state index contributed by atoms with van der Waals surface area (Å²) in [6, 6.07) is 0. The van der Waals surface area contributed by atoms with Crippen LogP contribution in [0.2, 0.25) is 0 Å². The predicted octanol–water partition coefficient (Wildman–Crippen LogP) is 0.153. The van der Waals surface area contributed by atoms with E-state index >= 15 is 0 Å². The van der Waals surface area contributed by atoms with Crippen LogP contribution in [0.5, 0.6) is 0 Å². The molecule has 3 heteroatoms. The fraction of sp³-hybridized carbons (Fsp3) is 0.857. The molecule has 56 valence electrons. The smallest absolute Gasteiger partial charge is 0.176 e. The summed E-state index contributed by atoms with van der Waals surface area (Å²) in [7, 11) is 0. The van der Waals surface area contributed by atoms with Crippen LogP contribution in [0.25, 0.3) is 0 Å². The van der Waals surface area contributed by atoms with Crippen molar-refractivity contribution in [2.24, 2.45) is 0 Å². The van der Waals surface area contributed by atoms with Crippen molar-refractivity contribution in [1.82, 2.24) is 10.2 Å². The van der Waals surface area contributed by atoms with E-state index in [-0.39, 0.29) is 0 Å². The van der Waals surface area contributed by atoms with Gasteiger partial charge in [0.25, 0.3) is 0 Å². The molecule has 1 N–H and O–H groups in total. The van der Waals surface area contributed by atoms with Gasteiger partial charge < -0.3 is 10.2 Å². The van der Waals surface area contributed by atoms with Crippen LogP contribution in [0.3, 0.4) is 0 Å². The summed E-state index contributed by atoms with van der Waals surface area (Å²) in [5.74, 6) is 0. The second-order valence-electron chi connectivity index (χ2n) is 2.59. The van der Waals surface area contributed by atoms with Gasteiger partial charge in [-0.15, -0.1) is 0 Å². The van der Waals surface area contributed by atoms with E-state index in [0.29, 0.717) is 0 Å². The fourth-order valence-corrected chi connectivity index (χ4v) is 1.28. The van der Waals surface area contributed by atoms with Crippen LogP contribution in [0.1, 0.15) is 12.8 Å². The number of hydrogen-bond acceptors (Lipinski definition) is 3. The minimum Gasteiger partial charge on any atom is -0.323 e. The number of likely N-dealkylation sites (tertiary alicyclic amines) is 1. The molecular weight excluding hydrogens is 126 g/mol. The Morgan fingerprint density at radius 2 is 2.10 bits per heavy atom. The van der Waals surface area contributed by atoms with Crippen molar-refractivity contribution < 1.29 is 0 Å². The monoisotopic (exact) mass is 139 g/mol. The highest BCUT2D eigenvalue weighted by Gasteiger charge is 2.09. The predicted molar refractivity (Wildman–Crippen MR) is 39.3 cm³/mol. The van der Waals surface area contributed by atoms with Gasteiger partial charge in [0.15, 0.2) is 6.19 Å². The van der Waals surface area contributed by atoms with Gasteiger partial charge in [0.2, 0.25) is 0 Å². The largest absolute Gasteiger partial charge is 0.323 e. The van der Waals surface area contributed by atoms with E-state index in [1.54, 1.807) is 0 Å². The zero-order valence-electron chi connectivity index (χ0n) is 6.14. The maximum absolute atomic E-state index is 8.16. The van der Waals surface area contributed by atoms with Crippen molar-refractivity contribution in [2.75, 3.05) is 26.2 Å². The third kappa shape index (κ3) is 2.24. The molecule has 0 atom stereocenters. The second-order valence-corrected chi connectivity index (χ2v) is 2.59. The molecule has 0 aromatic rings. The van der Waals surface area contributed by atoms with Crippen LogP contribution >= 0.6 is 0 Å². The molecule has 0 aliphatic carbocycles. The summed E-state index contributed by atoms with van der Waals surface area (Å²) in [6.45, 7) is 4.25. The first-order chi connectivity index (χ1) is 4.93. The van der Waals surface area contributed by atoms with Gasteiger partial charge in [-0.1, -0.05) is 0 Å². The van der Waals surface area contributed by atoms with Crippen molar-refractivity contribution in [1.29, 1.82) is 5.26 Å². The molecule has 1 rings (SSSR count). The van der Waals surface area contributed by atoms with E-state index in [1.807, 2.05) is 6.19 Å². The molecule has 1 aliphatic heterocycles. The lowest BCUT2D eigenvalue weighted by Gasteiger charge is -2.12. The van der Waals surface area contributed by atoms with Gasteiger partial charge in [0.05, 0.1) is 0 Å². The third-order valence-electron chi connectivity index (χ3n) is 1.83. The molecule has 0 radical (unpaired) electrons. The highest BCUT2D eigenvalue weighted by atomic mass is 15.1. The molecule has 0 unspecified atom stereocenters. The number of nitriles is 1. The third-order valence-corrected chi connectivity index (χ3v) is 1.83. The average Bonchev–Trinajstić information content (AvgIpc) is 2.41. The van der Waals surface area contributed by atoms with Crippen LogP contribution < -0.4 is 5.32 Å². The Labute approximate surface area is 61.6 Å². The average molecular weight is 139 g/mol. The lowest BCUT2D eigenvalue weighted by Crippen LogP contribution is -2.27. The highest BCUT2D eigenvalue weighted by Crippen LogP contribution is 2.05. The van der Waals surface area contributed by atoms with Crippen LogP contribution in [0, 0.1) is 11.5 Å². The Morgan fingerprint density at radius 1 is 1.40 bits per heavy atom. The van der Waals surface area contributed by atoms with E-state index in [2.05, 4.69) is 10.2 Å². The summed E-state index contributed by atoms with van der Waals surface area (Å²) in [5.41, 5.74) is 0. The minimum atomic E-state index is 0.802. The molecule has 1 fully saturated rings. The van der Waals surface area contributed by atoms with Crippen LogP contribution in [0.15, 0.2) is 0 Å². The molecule has 0 saturated carbocycles. The molecule has 0 aromatic heterocycles. The zero-order valence-corrected chi connectivity index (χ0v) is 6.14. The first kappa shape index (κ1) is 7.36. The van der Waals surface area contributed by atoms with Crippen molar-refractivity contribution in [3.05, 3.63) is 0 Å². The van der Waals surface area contributed by atoms with Crippen molar-refractivity contribution in [2.45, 2.75) is 12.8 Å². The molecule has 0 spiro atoms.